The van der Waals surface area contributed by atoms with Gasteiger partial charge in [-0.1, -0.05) is 6.92 Å². The zero-order valence-electron chi connectivity index (χ0n) is 24.1. The minimum Gasteiger partial charge on any atom is -0.497 e. The molecule has 2 heterocycles. The van der Waals surface area contributed by atoms with E-state index >= 15 is 0 Å². The molecule has 0 saturated carbocycles. The number of H-pyrrole nitrogens is 1. The van der Waals surface area contributed by atoms with E-state index in [1.807, 2.05) is 31.2 Å². The van der Waals surface area contributed by atoms with Crippen molar-refractivity contribution in [2.45, 2.75) is 33.0 Å². The van der Waals surface area contributed by atoms with Crippen LogP contribution in [0.4, 0.5) is 35.0 Å². The summed E-state index contributed by atoms with van der Waals surface area (Å²) in [6.07, 6.45) is -4.63. The molecular formula is C29H32F3N5O7. The number of halogens is 3. The van der Waals surface area contributed by atoms with Gasteiger partial charge in [0.25, 0.3) is 5.91 Å². The molecule has 3 amide bonds. The number of rotatable bonds is 10. The quantitative estimate of drug-likeness (QED) is 0.202. The number of methoxy groups -OCH3 is 1. The lowest BCUT2D eigenvalue weighted by atomic mass is 10.1. The smallest absolute Gasteiger partial charge is 0.490 e. The minimum absolute atomic E-state index is 0.141. The number of aromatic nitrogens is 1. The normalized spacial score (nSPS) is 12.5. The van der Waals surface area contributed by atoms with Crippen molar-refractivity contribution in [2.75, 3.05) is 42.3 Å². The molecular weight excluding hydrogens is 587 g/mol. The molecule has 4 rings (SSSR count). The lowest BCUT2D eigenvalue weighted by Crippen LogP contribution is -2.27. The molecule has 1 saturated heterocycles. The number of carbonyl (C=O) groups excluding carboxylic acids is 3. The van der Waals surface area contributed by atoms with Gasteiger partial charge in [0.1, 0.15) is 11.4 Å². The molecule has 1 aliphatic heterocycles. The van der Waals surface area contributed by atoms with Crippen molar-refractivity contribution < 1.29 is 46.9 Å². The first-order chi connectivity index (χ1) is 20.9. The Morgan fingerprint density at radius 1 is 1.02 bits per heavy atom. The minimum atomic E-state index is -5.08. The predicted molar refractivity (Wildman–Crippen MR) is 155 cm³/mol. The molecule has 1 aromatic heterocycles. The molecule has 0 aliphatic carbocycles. The number of anilines is 3. The van der Waals surface area contributed by atoms with Gasteiger partial charge in [-0.05, 0) is 67.4 Å². The summed E-state index contributed by atoms with van der Waals surface area (Å²) in [7, 11) is 1.60. The fourth-order valence-corrected chi connectivity index (χ4v) is 4.26. The topological polar surface area (TPSA) is 162 Å². The van der Waals surface area contributed by atoms with Gasteiger partial charge < -0.3 is 35.5 Å². The zero-order chi connectivity index (χ0) is 32.4. The van der Waals surface area contributed by atoms with E-state index in [0.29, 0.717) is 47.7 Å². The molecule has 0 atom stereocenters. The van der Waals surface area contributed by atoms with E-state index in [-0.39, 0.29) is 25.1 Å². The number of esters is 1. The number of hydrogen-bond acceptors (Lipinski definition) is 7. The van der Waals surface area contributed by atoms with Gasteiger partial charge in [-0.15, -0.1) is 0 Å². The second-order valence-corrected chi connectivity index (χ2v) is 9.18. The van der Waals surface area contributed by atoms with E-state index in [0.717, 1.165) is 17.1 Å². The van der Waals surface area contributed by atoms with Gasteiger partial charge in [0.05, 0.1) is 25.8 Å². The van der Waals surface area contributed by atoms with Gasteiger partial charge in [0, 0.05) is 35.8 Å². The van der Waals surface area contributed by atoms with Crippen molar-refractivity contribution in [3.8, 4) is 5.75 Å². The van der Waals surface area contributed by atoms with Gasteiger partial charge in [-0.2, -0.15) is 13.2 Å². The number of benzene rings is 2. The number of ether oxygens (including phenoxy) is 2. The third-order valence-corrected chi connectivity index (χ3v) is 6.34. The van der Waals surface area contributed by atoms with E-state index in [9.17, 15) is 27.6 Å². The van der Waals surface area contributed by atoms with E-state index in [2.05, 4.69) is 20.9 Å². The van der Waals surface area contributed by atoms with Crippen LogP contribution < -0.4 is 25.6 Å². The fourth-order valence-electron chi connectivity index (χ4n) is 4.26. The second kappa shape index (κ2) is 14.8. The molecule has 0 radical (unpaired) electrons. The average molecular weight is 620 g/mol. The van der Waals surface area contributed by atoms with E-state index < -0.39 is 18.1 Å². The molecule has 12 nitrogen and oxygen atoms in total. The van der Waals surface area contributed by atoms with Crippen LogP contribution in [0, 0.1) is 0 Å². The standard InChI is InChI=1S/C27H31N5O5.C2HF3O2/c1-4-21-23(26(34)37-5-2)22(16-29-17-8-12-20(36-3)13-9-17)31-24(21)25(33)30-18-6-10-19(11-7-18)32-15-14-28-27(32)35;3-2(4,5)1(6)7/h6-13,29,31H,4-5,14-16H2,1-3H3,(H,28,35)(H,30,33);(H,6,7). The van der Waals surface area contributed by atoms with Crippen molar-refractivity contribution in [1.29, 1.82) is 0 Å². The Morgan fingerprint density at radius 2 is 1.64 bits per heavy atom. The Labute approximate surface area is 250 Å². The molecule has 0 spiro atoms. The van der Waals surface area contributed by atoms with Gasteiger partial charge >= 0.3 is 24.1 Å². The Balaban J connectivity index is 0.000000676. The fraction of sp³-hybridized carbons (Fsp3) is 0.310. The molecule has 2 aromatic carbocycles. The SMILES string of the molecule is CCOC(=O)c1c(CNc2ccc(OC)cc2)[nH]c(C(=O)Nc2ccc(N3CCNC3=O)cc2)c1CC.O=C(O)C(F)(F)F. The molecule has 0 unspecified atom stereocenters. The van der Waals surface area contributed by atoms with Crippen molar-refractivity contribution in [2.24, 2.45) is 0 Å². The van der Waals surface area contributed by atoms with Crippen LogP contribution in [0.15, 0.2) is 48.5 Å². The lowest BCUT2D eigenvalue weighted by molar-refractivity contribution is -0.192. The van der Waals surface area contributed by atoms with E-state index in [1.165, 1.54) is 0 Å². The van der Waals surface area contributed by atoms with Crippen molar-refractivity contribution in [3.63, 3.8) is 0 Å². The number of carboxylic acids is 1. The molecule has 5 N–H and O–H groups in total. The van der Waals surface area contributed by atoms with Crippen LogP contribution in [0.3, 0.4) is 0 Å². The first-order valence-corrected chi connectivity index (χ1v) is 13.4. The van der Waals surface area contributed by atoms with Crippen molar-refractivity contribution in [1.82, 2.24) is 10.3 Å². The van der Waals surface area contributed by atoms with Crippen LogP contribution in [0.25, 0.3) is 0 Å². The van der Waals surface area contributed by atoms with Crippen LogP contribution in [0.1, 0.15) is 46.0 Å². The predicted octanol–water partition coefficient (Wildman–Crippen LogP) is 4.79. The molecule has 0 bridgehead atoms. The third kappa shape index (κ3) is 8.42. The molecule has 236 valence electrons. The molecule has 1 aliphatic rings. The number of urea groups is 1. The Bertz CT molecular complexity index is 1470. The van der Waals surface area contributed by atoms with Gasteiger partial charge in [0.2, 0.25) is 0 Å². The summed E-state index contributed by atoms with van der Waals surface area (Å²) in [5.41, 5.74) is 3.98. The van der Waals surface area contributed by atoms with Gasteiger partial charge in [-0.25, -0.2) is 14.4 Å². The number of carboxylic acid groups (broad SMARTS) is 1. The van der Waals surface area contributed by atoms with E-state index in [1.54, 1.807) is 43.2 Å². The summed E-state index contributed by atoms with van der Waals surface area (Å²) in [5, 5.41) is 16.1. The highest BCUT2D eigenvalue weighted by molar-refractivity contribution is 6.07. The first kappa shape index (κ1) is 33.3. The first-order valence-electron chi connectivity index (χ1n) is 13.4. The third-order valence-electron chi connectivity index (χ3n) is 6.34. The van der Waals surface area contributed by atoms with Crippen LogP contribution in [0.5, 0.6) is 5.75 Å². The summed E-state index contributed by atoms with van der Waals surface area (Å²) in [5.74, 6) is -2.87. The van der Waals surface area contributed by atoms with Crippen molar-refractivity contribution in [3.05, 3.63) is 71.0 Å². The summed E-state index contributed by atoms with van der Waals surface area (Å²) in [4.78, 5) is 51.7. The van der Waals surface area contributed by atoms with Crippen molar-refractivity contribution >= 4 is 40.9 Å². The molecule has 44 heavy (non-hydrogen) atoms. The Morgan fingerprint density at radius 3 is 2.14 bits per heavy atom. The molecule has 1 fully saturated rings. The number of nitrogens with zero attached hydrogens (tertiary/aromatic N) is 1. The maximum absolute atomic E-state index is 13.3. The average Bonchev–Trinajstić information content (AvgIpc) is 3.60. The summed E-state index contributed by atoms with van der Waals surface area (Å²) < 4.78 is 42.2. The van der Waals surface area contributed by atoms with Gasteiger partial charge in [0.15, 0.2) is 0 Å². The highest BCUT2D eigenvalue weighted by Gasteiger charge is 2.38. The number of aliphatic carboxylic acids is 1. The number of alkyl halides is 3. The molecule has 3 aromatic rings. The lowest BCUT2D eigenvalue weighted by Gasteiger charge is -2.14. The zero-order valence-corrected chi connectivity index (χ0v) is 24.1. The largest absolute Gasteiger partial charge is 0.497 e. The van der Waals surface area contributed by atoms with Crippen LogP contribution >= 0.6 is 0 Å². The maximum Gasteiger partial charge on any atom is 0.490 e. The number of nitrogens with one attached hydrogen (secondary N) is 4. The van der Waals surface area contributed by atoms with Crippen LogP contribution in [0.2, 0.25) is 0 Å². The summed E-state index contributed by atoms with van der Waals surface area (Å²) >= 11 is 0. The number of hydrogen-bond donors (Lipinski definition) is 5. The molecule has 15 heteroatoms. The maximum atomic E-state index is 13.3. The number of carbonyl (C=O) groups is 4. The summed E-state index contributed by atoms with van der Waals surface area (Å²) in [6.45, 7) is 5.34. The highest BCUT2D eigenvalue weighted by atomic mass is 19.4. The van der Waals surface area contributed by atoms with E-state index in [4.69, 9.17) is 19.4 Å². The van der Waals surface area contributed by atoms with Gasteiger partial charge in [-0.3, -0.25) is 9.69 Å². The Hall–Kier alpha value is -5.21. The number of aromatic amines is 1. The second-order valence-electron chi connectivity index (χ2n) is 9.18. The van der Waals surface area contributed by atoms with Crippen LogP contribution in [-0.4, -0.2) is 66.9 Å². The highest BCUT2D eigenvalue weighted by Crippen LogP contribution is 2.25. The number of amides is 3. The summed E-state index contributed by atoms with van der Waals surface area (Å²) in [6, 6.07) is 14.3. The van der Waals surface area contributed by atoms with Crippen LogP contribution in [-0.2, 0) is 22.5 Å². The Kier molecular flexibility index (Phi) is 11.2. The monoisotopic (exact) mass is 619 g/mol.